The van der Waals surface area contributed by atoms with Gasteiger partial charge in [0.15, 0.2) is 0 Å². The van der Waals surface area contributed by atoms with Crippen LogP contribution in [0.5, 0.6) is 0 Å². The lowest BCUT2D eigenvalue weighted by Crippen LogP contribution is -2.28. The molecule has 0 aliphatic heterocycles. The second-order valence-electron chi connectivity index (χ2n) is 5.86. The van der Waals surface area contributed by atoms with E-state index in [9.17, 15) is 0 Å². The van der Waals surface area contributed by atoms with E-state index in [0.717, 1.165) is 23.4 Å². The highest BCUT2D eigenvalue weighted by Crippen LogP contribution is 2.25. The molecule has 1 aliphatic carbocycles. The molecule has 3 heteroatoms. The minimum atomic E-state index is 0.152. The van der Waals surface area contributed by atoms with Gasteiger partial charge in [-0.05, 0) is 56.5 Å². The number of halogens is 1. The maximum Gasteiger partial charge on any atom is 0.0307 e. The summed E-state index contributed by atoms with van der Waals surface area (Å²) < 4.78 is 1.11. The molecule has 106 valence electrons. The van der Waals surface area contributed by atoms with Crippen molar-refractivity contribution < 1.29 is 0 Å². The van der Waals surface area contributed by atoms with Crippen LogP contribution in [0.1, 0.15) is 43.7 Å². The molecule has 0 saturated heterocycles. The largest absolute Gasteiger partial charge is 0.324 e. The van der Waals surface area contributed by atoms with Gasteiger partial charge in [-0.3, -0.25) is 0 Å². The van der Waals surface area contributed by atoms with E-state index < -0.39 is 0 Å². The lowest BCUT2D eigenvalue weighted by atomic mass is 10.0. The molecule has 1 fully saturated rings. The summed E-state index contributed by atoms with van der Waals surface area (Å²) in [5.41, 5.74) is 7.49. The minimum absolute atomic E-state index is 0.152. The van der Waals surface area contributed by atoms with Crippen LogP contribution in [0.3, 0.4) is 0 Å². The van der Waals surface area contributed by atoms with Crippen molar-refractivity contribution in [2.24, 2.45) is 11.7 Å². The lowest BCUT2D eigenvalue weighted by Gasteiger charge is -2.22. The van der Waals surface area contributed by atoms with Crippen LogP contribution in [-0.4, -0.2) is 25.0 Å². The highest BCUT2D eigenvalue weighted by Gasteiger charge is 2.17. The number of nitrogens with zero attached hydrogens (tertiary/aromatic N) is 1. The van der Waals surface area contributed by atoms with Crippen molar-refractivity contribution in [3.8, 4) is 0 Å². The van der Waals surface area contributed by atoms with Crippen molar-refractivity contribution in [3.05, 3.63) is 34.3 Å². The van der Waals surface area contributed by atoms with Gasteiger partial charge in [0.25, 0.3) is 0 Å². The second kappa shape index (κ2) is 7.41. The van der Waals surface area contributed by atoms with Gasteiger partial charge in [0.05, 0.1) is 0 Å². The molecule has 1 aliphatic rings. The van der Waals surface area contributed by atoms with Gasteiger partial charge in [-0.2, -0.15) is 0 Å². The minimum Gasteiger partial charge on any atom is -0.324 e. The van der Waals surface area contributed by atoms with Gasteiger partial charge < -0.3 is 10.6 Å². The fourth-order valence-electron chi connectivity index (χ4n) is 2.96. The van der Waals surface area contributed by atoms with Crippen molar-refractivity contribution in [3.63, 3.8) is 0 Å². The second-order valence-corrected chi connectivity index (χ2v) is 6.78. The Labute approximate surface area is 125 Å². The monoisotopic (exact) mass is 324 g/mol. The van der Waals surface area contributed by atoms with E-state index in [1.54, 1.807) is 0 Å². The van der Waals surface area contributed by atoms with Crippen LogP contribution in [0.15, 0.2) is 28.7 Å². The van der Waals surface area contributed by atoms with Crippen molar-refractivity contribution >= 4 is 15.9 Å². The Hall–Kier alpha value is -0.380. The Kier molecular flexibility index (Phi) is 5.86. The first-order valence-electron chi connectivity index (χ1n) is 7.35. The molecule has 1 atom stereocenters. The smallest absolute Gasteiger partial charge is 0.0307 e. The van der Waals surface area contributed by atoms with Crippen LogP contribution >= 0.6 is 15.9 Å². The summed E-state index contributed by atoms with van der Waals surface area (Å²) in [6, 6.07) is 8.52. The highest BCUT2D eigenvalue weighted by molar-refractivity contribution is 9.10. The summed E-state index contributed by atoms with van der Waals surface area (Å²) in [5, 5.41) is 0. The molecule has 0 spiro atoms. The molecule has 1 saturated carbocycles. The fraction of sp³-hybridized carbons (Fsp3) is 0.625. The molecular weight excluding hydrogens is 300 g/mol. The first-order valence-corrected chi connectivity index (χ1v) is 8.14. The third-order valence-corrected chi connectivity index (χ3v) is 4.69. The molecule has 0 aromatic heterocycles. The van der Waals surface area contributed by atoms with Crippen LogP contribution in [-0.2, 0) is 0 Å². The Morgan fingerprint density at radius 2 is 1.89 bits per heavy atom. The zero-order valence-electron chi connectivity index (χ0n) is 11.8. The highest BCUT2D eigenvalue weighted by atomic mass is 79.9. The standard InChI is InChI=1S/C16H25BrN2/c1-19(12-13-4-2-3-5-13)11-10-16(18)14-6-8-15(17)9-7-14/h6-9,13,16H,2-5,10-12,18H2,1H3. The number of benzene rings is 1. The van der Waals surface area contributed by atoms with Gasteiger partial charge in [-0.15, -0.1) is 0 Å². The first-order chi connectivity index (χ1) is 9.15. The number of rotatable bonds is 6. The van der Waals surface area contributed by atoms with Crippen molar-refractivity contribution in [1.82, 2.24) is 4.90 Å². The summed E-state index contributed by atoms with van der Waals surface area (Å²) in [7, 11) is 2.23. The Morgan fingerprint density at radius 1 is 1.26 bits per heavy atom. The van der Waals surface area contributed by atoms with Crippen molar-refractivity contribution in [2.75, 3.05) is 20.1 Å². The molecule has 2 rings (SSSR count). The molecule has 2 nitrogen and oxygen atoms in total. The average Bonchev–Trinajstić information content (AvgIpc) is 2.89. The van der Waals surface area contributed by atoms with Crippen molar-refractivity contribution in [1.29, 1.82) is 0 Å². The first kappa shape index (κ1) is 15.0. The maximum absolute atomic E-state index is 6.26. The summed E-state index contributed by atoms with van der Waals surface area (Å²) in [6.07, 6.45) is 6.73. The molecular formula is C16H25BrN2. The molecule has 1 aromatic rings. The van der Waals surface area contributed by atoms with Crippen LogP contribution in [0.4, 0.5) is 0 Å². The SMILES string of the molecule is CN(CCC(N)c1ccc(Br)cc1)CC1CCCC1. The van der Waals surface area contributed by atoms with E-state index >= 15 is 0 Å². The van der Waals surface area contributed by atoms with E-state index in [1.807, 2.05) is 0 Å². The van der Waals surface area contributed by atoms with Crippen LogP contribution < -0.4 is 5.73 Å². The quantitative estimate of drug-likeness (QED) is 0.858. The predicted molar refractivity (Wildman–Crippen MR) is 85.1 cm³/mol. The number of hydrogen-bond donors (Lipinski definition) is 1. The fourth-order valence-corrected chi connectivity index (χ4v) is 3.23. The lowest BCUT2D eigenvalue weighted by molar-refractivity contribution is 0.268. The van der Waals surface area contributed by atoms with E-state index in [2.05, 4.69) is 52.1 Å². The molecule has 0 heterocycles. The zero-order valence-corrected chi connectivity index (χ0v) is 13.4. The van der Waals surface area contributed by atoms with E-state index in [1.165, 1.54) is 37.8 Å². The molecule has 0 amide bonds. The van der Waals surface area contributed by atoms with Gasteiger partial charge in [0.1, 0.15) is 0 Å². The molecule has 0 bridgehead atoms. The molecule has 1 unspecified atom stereocenters. The molecule has 19 heavy (non-hydrogen) atoms. The van der Waals surface area contributed by atoms with Gasteiger partial charge in [-0.25, -0.2) is 0 Å². The van der Waals surface area contributed by atoms with Crippen LogP contribution in [0, 0.1) is 5.92 Å². The van der Waals surface area contributed by atoms with Crippen molar-refractivity contribution in [2.45, 2.75) is 38.1 Å². The summed E-state index contributed by atoms with van der Waals surface area (Å²) >= 11 is 3.46. The molecule has 1 aromatic carbocycles. The third kappa shape index (κ3) is 4.90. The Bertz CT molecular complexity index is 371. The van der Waals surface area contributed by atoms with Gasteiger partial charge >= 0.3 is 0 Å². The topological polar surface area (TPSA) is 29.3 Å². The van der Waals surface area contributed by atoms with Crippen LogP contribution in [0.25, 0.3) is 0 Å². The predicted octanol–water partition coefficient (Wildman–Crippen LogP) is 3.96. The molecule has 0 radical (unpaired) electrons. The normalized spacial score (nSPS) is 18.1. The summed E-state index contributed by atoms with van der Waals surface area (Å²) in [5.74, 6) is 0.925. The Morgan fingerprint density at radius 3 is 2.53 bits per heavy atom. The molecule has 2 N–H and O–H groups in total. The Balaban J connectivity index is 1.73. The van der Waals surface area contributed by atoms with E-state index in [4.69, 9.17) is 5.73 Å². The third-order valence-electron chi connectivity index (χ3n) is 4.16. The number of hydrogen-bond acceptors (Lipinski definition) is 2. The average molecular weight is 325 g/mol. The maximum atomic E-state index is 6.26. The van der Waals surface area contributed by atoms with Crippen LogP contribution in [0.2, 0.25) is 0 Å². The van der Waals surface area contributed by atoms with E-state index in [-0.39, 0.29) is 6.04 Å². The van der Waals surface area contributed by atoms with Gasteiger partial charge in [0, 0.05) is 17.1 Å². The summed E-state index contributed by atoms with van der Waals surface area (Å²) in [6.45, 7) is 2.33. The zero-order chi connectivity index (χ0) is 13.7. The van der Waals surface area contributed by atoms with Gasteiger partial charge in [0.2, 0.25) is 0 Å². The van der Waals surface area contributed by atoms with Gasteiger partial charge in [-0.1, -0.05) is 40.9 Å². The summed E-state index contributed by atoms with van der Waals surface area (Å²) in [4.78, 5) is 2.45. The number of nitrogens with two attached hydrogens (primary N) is 1. The van der Waals surface area contributed by atoms with E-state index in [0.29, 0.717) is 0 Å².